The van der Waals surface area contributed by atoms with E-state index in [0.717, 1.165) is 0 Å². The molecule has 0 aromatic rings. The molecule has 1 unspecified atom stereocenters. The zero-order valence-corrected chi connectivity index (χ0v) is 9.00. The van der Waals surface area contributed by atoms with E-state index in [9.17, 15) is 13.2 Å². The molecule has 0 aromatic heterocycles. The average molecular weight is 219 g/mol. The van der Waals surface area contributed by atoms with Crippen molar-refractivity contribution in [2.45, 2.75) is 13.8 Å². The number of ether oxygens (including phenoxy) is 1. The van der Waals surface area contributed by atoms with Crippen LogP contribution in [0.4, 0.5) is 0 Å². The van der Waals surface area contributed by atoms with Gasteiger partial charge in [-0.05, 0) is 13.8 Å². The molecular weight excluding hydrogens is 206 g/mol. The summed E-state index contributed by atoms with van der Waals surface area (Å²) in [5, 5.41) is 8.40. The Hall–Kier alpha value is -1.09. The van der Waals surface area contributed by atoms with E-state index in [1.54, 1.807) is 13.0 Å². The maximum atomic E-state index is 11.2. The predicted octanol–water partition coefficient (Wildman–Crippen LogP) is 0.124. The van der Waals surface area contributed by atoms with Crippen LogP contribution in [-0.2, 0) is 19.4 Å². The molecule has 0 N–H and O–H groups in total. The maximum absolute atomic E-state index is 11.2. The van der Waals surface area contributed by atoms with E-state index in [2.05, 4.69) is 4.74 Å². The van der Waals surface area contributed by atoms with Crippen molar-refractivity contribution in [3.63, 3.8) is 0 Å². The number of hydrogen-bond acceptors (Lipinski definition) is 5. The van der Waals surface area contributed by atoms with Gasteiger partial charge in [0.25, 0.3) is 0 Å². The Kier molecular flexibility index (Phi) is 5.16. The van der Waals surface area contributed by atoms with E-state index in [4.69, 9.17) is 5.26 Å². The van der Waals surface area contributed by atoms with E-state index in [-0.39, 0.29) is 12.4 Å². The molecule has 0 aromatic carbocycles. The molecule has 6 heteroatoms. The van der Waals surface area contributed by atoms with Gasteiger partial charge in [-0.15, -0.1) is 0 Å². The molecule has 0 aliphatic carbocycles. The molecule has 14 heavy (non-hydrogen) atoms. The van der Waals surface area contributed by atoms with Crippen molar-refractivity contribution >= 4 is 15.8 Å². The summed E-state index contributed by atoms with van der Waals surface area (Å²) in [5.74, 6) is -2.32. The summed E-state index contributed by atoms with van der Waals surface area (Å²) in [6.45, 7) is 3.24. The number of hydrogen-bond donors (Lipinski definition) is 0. The summed E-state index contributed by atoms with van der Waals surface area (Å²) in [6.07, 6.45) is 0. The van der Waals surface area contributed by atoms with Gasteiger partial charge in [0.05, 0.1) is 24.3 Å². The summed E-state index contributed by atoms with van der Waals surface area (Å²) >= 11 is 0. The van der Waals surface area contributed by atoms with E-state index >= 15 is 0 Å². The van der Waals surface area contributed by atoms with Crippen LogP contribution >= 0.6 is 0 Å². The number of carbonyl (C=O) groups is 1. The first kappa shape index (κ1) is 12.9. The van der Waals surface area contributed by atoms with Gasteiger partial charge in [0, 0.05) is 0 Å². The second kappa shape index (κ2) is 5.60. The number of nitriles is 1. The van der Waals surface area contributed by atoms with Gasteiger partial charge < -0.3 is 4.74 Å². The van der Waals surface area contributed by atoms with Crippen molar-refractivity contribution < 1.29 is 17.9 Å². The summed E-state index contributed by atoms with van der Waals surface area (Å²) < 4.78 is 27.0. The standard InChI is InChI=1S/C8H13NO4S/c1-3-13-8(10)6-14(11,12)5-7(2)4-9/h7H,3,5-6H2,1-2H3. The quantitative estimate of drug-likeness (QED) is 0.613. The molecular formula is C8H13NO4S. The molecule has 0 heterocycles. The third-order valence-corrected chi connectivity index (χ3v) is 3.05. The van der Waals surface area contributed by atoms with E-state index in [1.165, 1.54) is 6.92 Å². The fraction of sp³-hybridized carbons (Fsp3) is 0.750. The van der Waals surface area contributed by atoms with Crippen molar-refractivity contribution in [2.24, 2.45) is 5.92 Å². The monoisotopic (exact) mass is 219 g/mol. The predicted molar refractivity (Wildman–Crippen MR) is 50.1 cm³/mol. The number of nitrogens with zero attached hydrogens (tertiary/aromatic N) is 1. The minimum atomic E-state index is -3.51. The topological polar surface area (TPSA) is 84.2 Å². The first-order chi connectivity index (χ1) is 6.41. The third-order valence-electron chi connectivity index (χ3n) is 1.37. The molecule has 1 atom stereocenters. The van der Waals surface area contributed by atoms with Gasteiger partial charge in [-0.1, -0.05) is 0 Å². The lowest BCUT2D eigenvalue weighted by molar-refractivity contribution is -0.139. The van der Waals surface area contributed by atoms with Crippen molar-refractivity contribution in [3.05, 3.63) is 0 Å². The van der Waals surface area contributed by atoms with Crippen molar-refractivity contribution in [1.82, 2.24) is 0 Å². The molecule has 5 nitrogen and oxygen atoms in total. The van der Waals surface area contributed by atoms with Crippen LogP contribution in [0, 0.1) is 17.2 Å². The number of carbonyl (C=O) groups excluding carboxylic acids is 1. The fourth-order valence-electron chi connectivity index (χ4n) is 0.859. The Bertz CT molecular complexity index is 328. The van der Waals surface area contributed by atoms with Gasteiger partial charge >= 0.3 is 5.97 Å². The minimum absolute atomic E-state index is 0.155. The Labute approximate surface area is 83.6 Å². The molecule has 0 rings (SSSR count). The van der Waals surface area contributed by atoms with Crippen LogP contribution < -0.4 is 0 Å². The Morgan fingerprint density at radius 3 is 2.57 bits per heavy atom. The summed E-state index contributed by atoms with van der Waals surface area (Å²) in [7, 11) is -3.51. The lowest BCUT2D eigenvalue weighted by atomic mass is 10.3. The maximum Gasteiger partial charge on any atom is 0.321 e. The molecule has 0 radical (unpaired) electrons. The van der Waals surface area contributed by atoms with Crippen LogP contribution in [0.15, 0.2) is 0 Å². The highest BCUT2D eigenvalue weighted by atomic mass is 32.2. The number of esters is 1. The number of sulfone groups is 1. The highest BCUT2D eigenvalue weighted by Crippen LogP contribution is 2.01. The lowest BCUT2D eigenvalue weighted by Crippen LogP contribution is -2.23. The zero-order chi connectivity index (χ0) is 11.2. The SMILES string of the molecule is CCOC(=O)CS(=O)(=O)CC(C)C#N. The molecule has 0 saturated carbocycles. The second-order valence-corrected chi connectivity index (χ2v) is 5.00. The van der Waals surface area contributed by atoms with Crippen molar-refractivity contribution in [3.8, 4) is 6.07 Å². The van der Waals surface area contributed by atoms with Gasteiger partial charge in [-0.25, -0.2) is 8.42 Å². The summed E-state index contributed by atoms with van der Waals surface area (Å²) in [5.41, 5.74) is 0. The fourth-order valence-corrected chi connectivity index (χ4v) is 2.26. The first-order valence-electron chi connectivity index (χ1n) is 4.17. The second-order valence-electron chi connectivity index (χ2n) is 2.89. The zero-order valence-electron chi connectivity index (χ0n) is 8.19. The van der Waals surface area contributed by atoms with Crippen LogP contribution in [0.5, 0.6) is 0 Å². The molecule has 0 fully saturated rings. The van der Waals surface area contributed by atoms with Gasteiger partial charge in [0.2, 0.25) is 0 Å². The normalized spacial score (nSPS) is 12.9. The number of rotatable bonds is 5. The summed E-state index contributed by atoms with van der Waals surface area (Å²) in [6, 6.07) is 1.79. The van der Waals surface area contributed by atoms with E-state index in [1.807, 2.05) is 0 Å². The van der Waals surface area contributed by atoms with Crippen LogP contribution in [-0.4, -0.2) is 32.5 Å². The minimum Gasteiger partial charge on any atom is -0.465 e. The molecule has 0 bridgehead atoms. The molecule has 0 amide bonds. The third kappa shape index (κ3) is 5.54. The van der Waals surface area contributed by atoms with Gasteiger partial charge in [0.1, 0.15) is 5.75 Å². The van der Waals surface area contributed by atoms with Gasteiger partial charge in [0.15, 0.2) is 9.84 Å². The smallest absolute Gasteiger partial charge is 0.321 e. The van der Waals surface area contributed by atoms with Crippen molar-refractivity contribution in [2.75, 3.05) is 18.1 Å². The van der Waals surface area contributed by atoms with Gasteiger partial charge in [-0.3, -0.25) is 4.79 Å². The first-order valence-corrected chi connectivity index (χ1v) is 5.99. The molecule has 0 aliphatic heterocycles. The van der Waals surface area contributed by atoms with Crippen molar-refractivity contribution in [1.29, 1.82) is 5.26 Å². The van der Waals surface area contributed by atoms with E-state index in [0.29, 0.717) is 0 Å². The molecule has 0 aliphatic rings. The summed E-state index contributed by atoms with van der Waals surface area (Å²) in [4.78, 5) is 10.8. The molecule has 80 valence electrons. The van der Waals surface area contributed by atoms with Crippen LogP contribution in [0.1, 0.15) is 13.8 Å². The Morgan fingerprint density at radius 2 is 2.14 bits per heavy atom. The lowest BCUT2D eigenvalue weighted by Gasteiger charge is -2.04. The van der Waals surface area contributed by atoms with Gasteiger partial charge in [-0.2, -0.15) is 5.26 Å². The molecule has 0 saturated heterocycles. The highest BCUT2D eigenvalue weighted by Gasteiger charge is 2.20. The Balaban J connectivity index is 4.23. The van der Waals surface area contributed by atoms with E-state index < -0.39 is 27.5 Å². The highest BCUT2D eigenvalue weighted by molar-refractivity contribution is 7.92. The van der Waals surface area contributed by atoms with Crippen LogP contribution in [0.3, 0.4) is 0 Å². The van der Waals surface area contributed by atoms with Crippen LogP contribution in [0.25, 0.3) is 0 Å². The largest absolute Gasteiger partial charge is 0.465 e. The Morgan fingerprint density at radius 1 is 1.57 bits per heavy atom. The molecule has 0 spiro atoms. The van der Waals surface area contributed by atoms with Crippen LogP contribution in [0.2, 0.25) is 0 Å². The average Bonchev–Trinajstić information content (AvgIpc) is 2.02.